The third-order valence-corrected chi connectivity index (χ3v) is 2.15. The monoisotopic (exact) mass is 208 g/mol. The quantitative estimate of drug-likeness (QED) is 0.564. The Morgan fingerprint density at radius 3 is 3.07 bits per heavy atom. The number of aromatic nitrogens is 1. The molecule has 0 aromatic carbocycles. The van der Waals surface area contributed by atoms with E-state index in [2.05, 4.69) is 12.2 Å². The topological polar surface area (TPSA) is 51.1 Å². The molecular weight excluding hydrogens is 192 g/mol. The normalized spacial score (nSPS) is 9.93. The van der Waals surface area contributed by atoms with E-state index in [9.17, 15) is 9.59 Å². The summed E-state index contributed by atoms with van der Waals surface area (Å²) < 4.78 is 1.63. The third-order valence-electron chi connectivity index (χ3n) is 2.15. The van der Waals surface area contributed by atoms with Crippen LogP contribution in [0.5, 0.6) is 0 Å². The summed E-state index contributed by atoms with van der Waals surface area (Å²) in [6.45, 7) is 2.99. The van der Waals surface area contributed by atoms with Crippen LogP contribution in [0.1, 0.15) is 30.3 Å². The van der Waals surface area contributed by atoms with Gasteiger partial charge in [0.05, 0.1) is 5.69 Å². The molecule has 4 nitrogen and oxygen atoms in total. The summed E-state index contributed by atoms with van der Waals surface area (Å²) in [6, 6.07) is 3.44. The first-order valence-electron chi connectivity index (χ1n) is 5.15. The summed E-state index contributed by atoms with van der Waals surface area (Å²) in [5.74, 6) is -0.0530. The third kappa shape index (κ3) is 3.58. The number of carbonyl (C=O) groups excluding carboxylic acids is 2. The zero-order valence-corrected chi connectivity index (χ0v) is 8.90. The highest BCUT2D eigenvalue weighted by Gasteiger charge is 2.04. The van der Waals surface area contributed by atoms with Crippen molar-refractivity contribution in [1.29, 1.82) is 0 Å². The average molecular weight is 208 g/mol. The standard InChI is InChI=1S/C11H16N2O2/c1-2-3-6-12-11(15)8-13-7-4-5-10(13)9-14/h4-5,7,9H,2-3,6,8H2,1H3,(H,12,15). The molecule has 1 aromatic heterocycles. The van der Waals surface area contributed by atoms with E-state index in [4.69, 9.17) is 0 Å². The van der Waals surface area contributed by atoms with Crippen LogP contribution in [-0.2, 0) is 11.3 Å². The Bertz CT molecular complexity index is 331. The van der Waals surface area contributed by atoms with Crippen molar-refractivity contribution in [2.24, 2.45) is 0 Å². The van der Waals surface area contributed by atoms with Crippen LogP contribution in [-0.4, -0.2) is 23.3 Å². The Hall–Kier alpha value is -1.58. The van der Waals surface area contributed by atoms with E-state index in [0.29, 0.717) is 12.2 Å². The molecule has 0 fully saturated rings. The Morgan fingerprint density at radius 1 is 1.60 bits per heavy atom. The van der Waals surface area contributed by atoms with Crippen LogP contribution >= 0.6 is 0 Å². The maximum atomic E-state index is 11.4. The largest absolute Gasteiger partial charge is 0.355 e. The van der Waals surface area contributed by atoms with Crippen molar-refractivity contribution >= 4 is 12.2 Å². The summed E-state index contributed by atoms with van der Waals surface area (Å²) in [5, 5.41) is 2.80. The van der Waals surface area contributed by atoms with Gasteiger partial charge < -0.3 is 9.88 Å². The number of unbranched alkanes of at least 4 members (excludes halogenated alkanes) is 1. The minimum absolute atomic E-state index is 0.0530. The second kappa shape index (κ2) is 6.01. The zero-order chi connectivity index (χ0) is 11.1. The van der Waals surface area contributed by atoms with Crippen LogP contribution in [0.3, 0.4) is 0 Å². The lowest BCUT2D eigenvalue weighted by Crippen LogP contribution is -2.28. The highest BCUT2D eigenvalue weighted by molar-refractivity contribution is 5.78. The molecule has 4 heteroatoms. The highest BCUT2D eigenvalue weighted by Crippen LogP contribution is 1.98. The first kappa shape index (κ1) is 11.5. The first-order chi connectivity index (χ1) is 7.27. The second-order valence-electron chi connectivity index (χ2n) is 3.38. The van der Waals surface area contributed by atoms with Crippen molar-refractivity contribution in [3.05, 3.63) is 24.0 Å². The van der Waals surface area contributed by atoms with Gasteiger partial charge in [0.1, 0.15) is 6.54 Å². The molecule has 0 spiro atoms. The number of aldehydes is 1. The number of nitrogens with zero attached hydrogens (tertiary/aromatic N) is 1. The number of amides is 1. The van der Waals surface area contributed by atoms with Crippen LogP contribution in [0, 0.1) is 0 Å². The molecule has 1 heterocycles. The van der Waals surface area contributed by atoms with Crippen LogP contribution in [0.4, 0.5) is 0 Å². The molecule has 0 aliphatic rings. The fraction of sp³-hybridized carbons (Fsp3) is 0.455. The maximum absolute atomic E-state index is 11.4. The van der Waals surface area contributed by atoms with Crippen molar-refractivity contribution in [1.82, 2.24) is 9.88 Å². The van der Waals surface area contributed by atoms with E-state index >= 15 is 0 Å². The van der Waals surface area contributed by atoms with E-state index in [-0.39, 0.29) is 12.5 Å². The van der Waals surface area contributed by atoms with Crippen molar-refractivity contribution in [3.8, 4) is 0 Å². The van der Waals surface area contributed by atoms with Crippen molar-refractivity contribution in [2.75, 3.05) is 6.54 Å². The van der Waals surface area contributed by atoms with Gasteiger partial charge in [-0.15, -0.1) is 0 Å². The summed E-state index contributed by atoms with van der Waals surface area (Å²) in [4.78, 5) is 22.0. The number of hydrogen-bond acceptors (Lipinski definition) is 2. The van der Waals surface area contributed by atoms with Gasteiger partial charge in [-0.05, 0) is 18.6 Å². The number of rotatable bonds is 6. The summed E-state index contributed by atoms with van der Waals surface area (Å²) >= 11 is 0. The Balaban J connectivity index is 2.40. The molecule has 0 unspecified atom stereocenters. The van der Waals surface area contributed by atoms with Gasteiger partial charge in [0, 0.05) is 12.7 Å². The molecule has 0 atom stereocenters. The molecule has 0 aliphatic heterocycles. The van der Waals surface area contributed by atoms with Gasteiger partial charge in [-0.3, -0.25) is 9.59 Å². The van der Waals surface area contributed by atoms with Crippen LogP contribution < -0.4 is 5.32 Å². The fourth-order valence-electron chi connectivity index (χ4n) is 1.29. The van der Waals surface area contributed by atoms with Crippen LogP contribution in [0.2, 0.25) is 0 Å². The molecule has 82 valence electrons. The van der Waals surface area contributed by atoms with E-state index in [1.807, 2.05) is 0 Å². The molecule has 1 N–H and O–H groups in total. The molecule has 0 bridgehead atoms. The molecule has 0 aliphatic carbocycles. The lowest BCUT2D eigenvalue weighted by atomic mass is 10.3. The summed E-state index contributed by atoms with van der Waals surface area (Å²) in [6.07, 6.45) is 4.52. The van der Waals surface area contributed by atoms with Crippen LogP contribution in [0.15, 0.2) is 18.3 Å². The molecule has 1 amide bonds. The Labute approximate surface area is 89.3 Å². The minimum Gasteiger partial charge on any atom is -0.355 e. The van der Waals surface area contributed by atoms with E-state index in [1.54, 1.807) is 22.9 Å². The zero-order valence-electron chi connectivity index (χ0n) is 8.90. The number of carbonyl (C=O) groups is 2. The predicted octanol–water partition coefficient (Wildman–Crippen LogP) is 1.22. The SMILES string of the molecule is CCCCNC(=O)Cn1cccc1C=O. The van der Waals surface area contributed by atoms with Crippen LogP contribution in [0.25, 0.3) is 0 Å². The van der Waals surface area contributed by atoms with E-state index in [0.717, 1.165) is 19.1 Å². The molecule has 1 rings (SSSR count). The van der Waals surface area contributed by atoms with Gasteiger partial charge >= 0.3 is 0 Å². The fourth-order valence-corrected chi connectivity index (χ4v) is 1.29. The molecule has 0 saturated carbocycles. The van der Waals surface area contributed by atoms with Gasteiger partial charge in [0.2, 0.25) is 5.91 Å². The second-order valence-corrected chi connectivity index (χ2v) is 3.38. The van der Waals surface area contributed by atoms with E-state index < -0.39 is 0 Å². The van der Waals surface area contributed by atoms with Crippen molar-refractivity contribution in [3.63, 3.8) is 0 Å². The number of nitrogens with one attached hydrogen (secondary N) is 1. The van der Waals surface area contributed by atoms with Gasteiger partial charge in [0.15, 0.2) is 6.29 Å². The van der Waals surface area contributed by atoms with Crippen molar-refractivity contribution < 1.29 is 9.59 Å². The maximum Gasteiger partial charge on any atom is 0.239 e. The lowest BCUT2D eigenvalue weighted by molar-refractivity contribution is -0.121. The average Bonchev–Trinajstić information content (AvgIpc) is 2.65. The summed E-state index contributed by atoms with van der Waals surface area (Å²) in [5.41, 5.74) is 0.528. The first-order valence-corrected chi connectivity index (χ1v) is 5.15. The lowest BCUT2D eigenvalue weighted by Gasteiger charge is -2.06. The number of hydrogen-bond donors (Lipinski definition) is 1. The molecular formula is C11H16N2O2. The van der Waals surface area contributed by atoms with Crippen molar-refractivity contribution in [2.45, 2.75) is 26.3 Å². The molecule has 1 aromatic rings. The predicted molar refractivity (Wildman–Crippen MR) is 57.7 cm³/mol. The van der Waals surface area contributed by atoms with Gasteiger partial charge in [-0.25, -0.2) is 0 Å². The molecule has 0 radical (unpaired) electrons. The minimum atomic E-state index is -0.0530. The van der Waals surface area contributed by atoms with E-state index in [1.165, 1.54) is 0 Å². The summed E-state index contributed by atoms with van der Waals surface area (Å²) in [7, 11) is 0. The van der Waals surface area contributed by atoms with Gasteiger partial charge in [-0.2, -0.15) is 0 Å². The van der Waals surface area contributed by atoms with Gasteiger partial charge in [0.25, 0.3) is 0 Å². The Kier molecular flexibility index (Phi) is 4.60. The Morgan fingerprint density at radius 2 is 2.40 bits per heavy atom. The smallest absolute Gasteiger partial charge is 0.239 e. The molecule has 15 heavy (non-hydrogen) atoms. The highest BCUT2D eigenvalue weighted by atomic mass is 16.2. The molecule has 0 saturated heterocycles. The van der Waals surface area contributed by atoms with Gasteiger partial charge in [-0.1, -0.05) is 13.3 Å².